The van der Waals surface area contributed by atoms with Crippen LogP contribution in [0.3, 0.4) is 0 Å². The molecule has 0 bridgehead atoms. The Morgan fingerprint density at radius 2 is 1.63 bits per heavy atom. The van der Waals surface area contributed by atoms with Gasteiger partial charge in [0.05, 0.1) is 4.90 Å². The van der Waals surface area contributed by atoms with Crippen molar-refractivity contribution in [3.63, 3.8) is 0 Å². The van der Waals surface area contributed by atoms with Crippen molar-refractivity contribution in [2.45, 2.75) is 11.4 Å². The number of nitrogens with zero attached hydrogens (tertiary/aromatic N) is 3. The van der Waals surface area contributed by atoms with Crippen molar-refractivity contribution in [2.24, 2.45) is 0 Å². The number of amides is 1. The third kappa shape index (κ3) is 4.55. The predicted molar refractivity (Wildman–Crippen MR) is 105 cm³/mol. The molecular formula is C20H25N3O3S. The molecule has 1 fully saturated rings. The van der Waals surface area contributed by atoms with Crippen molar-refractivity contribution in [1.82, 2.24) is 14.1 Å². The molecule has 0 radical (unpaired) electrons. The van der Waals surface area contributed by atoms with Gasteiger partial charge in [-0.2, -0.15) is 0 Å². The van der Waals surface area contributed by atoms with Gasteiger partial charge < -0.3 is 4.90 Å². The first-order valence-electron chi connectivity index (χ1n) is 8.96. The minimum Gasteiger partial charge on any atom is -0.336 e. The second-order valence-electron chi connectivity index (χ2n) is 6.87. The molecule has 0 aromatic heterocycles. The van der Waals surface area contributed by atoms with Crippen LogP contribution in [0.5, 0.6) is 0 Å². The number of hydrogen-bond donors (Lipinski definition) is 0. The molecule has 0 N–H and O–H groups in total. The molecule has 7 heteroatoms. The molecule has 1 saturated heterocycles. The molecule has 1 aliphatic rings. The summed E-state index contributed by atoms with van der Waals surface area (Å²) in [6, 6.07) is 16.4. The Bertz CT molecular complexity index is 890. The number of rotatable bonds is 5. The van der Waals surface area contributed by atoms with Crippen LogP contribution in [-0.2, 0) is 16.6 Å². The van der Waals surface area contributed by atoms with Gasteiger partial charge in [-0.05, 0) is 29.8 Å². The van der Waals surface area contributed by atoms with Gasteiger partial charge in [-0.15, -0.1) is 0 Å². The zero-order valence-corrected chi connectivity index (χ0v) is 16.5. The molecular weight excluding hydrogens is 362 g/mol. The van der Waals surface area contributed by atoms with Crippen LogP contribution in [0, 0.1) is 0 Å². The van der Waals surface area contributed by atoms with Crippen LogP contribution in [0.25, 0.3) is 0 Å². The quantitative estimate of drug-likeness (QED) is 0.786. The van der Waals surface area contributed by atoms with E-state index in [1.165, 1.54) is 18.4 Å². The number of carbonyl (C=O) groups is 1. The van der Waals surface area contributed by atoms with E-state index in [4.69, 9.17) is 0 Å². The molecule has 0 aliphatic carbocycles. The molecule has 144 valence electrons. The summed E-state index contributed by atoms with van der Waals surface area (Å²) < 4.78 is 25.8. The van der Waals surface area contributed by atoms with Crippen LogP contribution in [0.1, 0.15) is 15.9 Å². The summed E-state index contributed by atoms with van der Waals surface area (Å²) in [7, 11) is -0.364. The second kappa shape index (κ2) is 8.21. The summed E-state index contributed by atoms with van der Waals surface area (Å²) in [6.45, 7) is 3.55. The Labute approximate surface area is 161 Å². The third-order valence-corrected chi connectivity index (χ3v) is 6.57. The van der Waals surface area contributed by atoms with Gasteiger partial charge in [-0.25, -0.2) is 12.7 Å². The Hall–Kier alpha value is -2.22. The lowest BCUT2D eigenvalue weighted by molar-refractivity contribution is 0.0628. The Morgan fingerprint density at radius 3 is 2.26 bits per heavy atom. The summed E-state index contributed by atoms with van der Waals surface area (Å²) in [4.78, 5) is 16.9. The van der Waals surface area contributed by atoms with Crippen molar-refractivity contribution < 1.29 is 13.2 Å². The lowest BCUT2D eigenvalue weighted by Gasteiger charge is -2.34. The van der Waals surface area contributed by atoms with Crippen LogP contribution >= 0.6 is 0 Å². The van der Waals surface area contributed by atoms with Gasteiger partial charge in [0, 0.05) is 52.4 Å². The van der Waals surface area contributed by atoms with Crippen molar-refractivity contribution in [3.8, 4) is 0 Å². The first-order chi connectivity index (χ1) is 12.9. The lowest BCUT2D eigenvalue weighted by Crippen LogP contribution is -2.48. The van der Waals surface area contributed by atoms with Crippen LogP contribution in [0.2, 0.25) is 0 Å². The summed E-state index contributed by atoms with van der Waals surface area (Å²) in [5.74, 6) is 0.0642. The zero-order chi connectivity index (χ0) is 19.4. The Morgan fingerprint density at radius 1 is 0.963 bits per heavy atom. The van der Waals surface area contributed by atoms with Crippen LogP contribution in [0.15, 0.2) is 59.5 Å². The number of piperazine rings is 1. The molecule has 3 rings (SSSR count). The lowest BCUT2D eigenvalue weighted by atomic mass is 10.1. The molecule has 1 aliphatic heterocycles. The molecule has 0 atom stereocenters. The summed E-state index contributed by atoms with van der Waals surface area (Å²) >= 11 is 0. The van der Waals surface area contributed by atoms with E-state index < -0.39 is 10.0 Å². The van der Waals surface area contributed by atoms with Crippen molar-refractivity contribution in [3.05, 3.63) is 65.7 Å². The summed E-state index contributed by atoms with van der Waals surface area (Å²) in [5.41, 5.74) is 1.67. The van der Waals surface area contributed by atoms with Gasteiger partial charge in [-0.1, -0.05) is 30.3 Å². The predicted octanol–water partition coefficient (Wildman–Crippen LogP) is 1.89. The number of hydrogen-bond acceptors (Lipinski definition) is 4. The molecule has 1 amide bonds. The van der Waals surface area contributed by atoms with Crippen LogP contribution in [-0.4, -0.2) is 68.7 Å². The standard InChI is InChI=1S/C20H25N3O3S/c1-21(2)27(25,26)19-10-6-7-17(15-19)16-22-11-13-23(14-12-22)20(24)18-8-4-3-5-9-18/h3-10,15H,11-14,16H2,1-2H3. The van der Waals surface area contributed by atoms with E-state index in [9.17, 15) is 13.2 Å². The fourth-order valence-electron chi connectivity index (χ4n) is 3.15. The molecule has 0 unspecified atom stereocenters. The maximum absolute atomic E-state index is 12.5. The van der Waals surface area contributed by atoms with E-state index in [1.54, 1.807) is 18.2 Å². The molecule has 2 aromatic carbocycles. The highest BCUT2D eigenvalue weighted by atomic mass is 32.2. The van der Waals surface area contributed by atoms with Gasteiger partial charge in [0.15, 0.2) is 0 Å². The minimum absolute atomic E-state index is 0.0642. The van der Waals surface area contributed by atoms with E-state index in [0.717, 1.165) is 18.7 Å². The zero-order valence-electron chi connectivity index (χ0n) is 15.7. The monoisotopic (exact) mass is 387 g/mol. The summed E-state index contributed by atoms with van der Waals surface area (Å²) in [6.07, 6.45) is 0. The van der Waals surface area contributed by atoms with E-state index in [1.807, 2.05) is 41.3 Å². The Kier molecular flexibility index (Phi) is 5.94. The maximum atomic E-state index is 12.5. The van der Waals surface area contributed by atoms with Gasteiger partial charge >= 0.3 is 0 Å². The van der Waals surface area contributed by atoms with Gasteiger partial charge in [0.25, 0.3) is 5.91 Å². The fraction of sp³-hybridized carbons (Fsp3) is 0.350. The summed E-state index contributed by atoms with van der Waals surface area (Å²) in [5, 5.41) is 0. The molecule has 2 aromatic rings. The minimum atomic E-state index is -3.43. The average Bonchev–Trinajstić information content (AvgIpc) is 2.69. The third-order valence-electron chi connectivity index (χ3n) is 4.76. The van der Waals surface area contributed by atoms with Crippen LogP contribution < -0.4 is 0 Å². The van der Waals surface area contributed by atoms with E-state index >= 15 is 0 Å². The topological polar surface area (TPSA) is 60.9 Å². The van der Waals surface area contributed by atoms with Gasteiger partial charge in [0.2, 0.25) is 10.0 Å². The normalized spacial score (nSPS) is 15.9. The van der Waals surface area contributed by atoms with Gasteiger partial charge in [-0.3, -0.25) is 9.69 Å². The fourth-order valence-corrected chi connectivity index (χ4v) is 4.12. The molecule has 1 heterocycles. The van der Waals surface area contributed by atoms with Crippen molar-refractivity contribution >= 4 is 15.9 Å². The van der Waals surface area contributed by atoms with Crippen molar-refractivity contribution in [1.29, 1.82) is 0 Å². The smallest absolute Gasteiger partial charge is 0.253 e. The first-order valence-corrected chi connectivity index (χ1v) is 10.4. The number of benzene rings is 2. The molecule has 0 spiro atoms. The molecule has 6 nitrogen and oxygen atoms in total. The first kappa shape index (κ1) is 19.5. The van der Waals surface area contributed by atoms with E-state index in [2.05, 4.69) is 4.90 Å². The maximum Gasteiger partial charge on any atom is 0.253 e. The second-order valence-corrected chi connectivity index (χ2v) is 9.02. The van der Waals surface area contributed by atoms with Crippen molar-refractivity contribution in [2.75, 3.05) is 40.3 Å². The number of sulfonamides is 1. The highest BCUT2D eigenvalue weighted by Gasteiger charge is 2.23. The highest BCUT2D eigenvalue weighted by Crippen LogP contribution is 2.17. The SMILES string of the molecule is CN(C)S(=O)(=O)c1cccc(CN2CCN(C(=O)c3ccccc3)CC2)c1. The average molecular weight is 388 g/mol. The van der Waals surface area contributed by atoms with Crippen LogP contribution in [0.4, 0.5) is 0 Å². The van der Waals surface area contributed by atoms with Gasteiger partial charge in [0.1, 0.15) is 0 Å². The van der Waals surface area contributed by atoms with E-state index in [0.29, 0.717) is 30.1 Å². The largest absolute Gasteiger partial charge is 0.336 e. The molecule has 27 heavy (non-hydrogen) atoms. The molecule has 0 saturated carbocycles. The number of carbonyl (C=O) groups excluding carboxylic acids is 1. The Balaban J connectivity index is 1.61. The highest BCUT2D eigenvalue weighted by molar-refractivity contribution is 7.89. The van der Waals surface area contributed by atoms with E-state index in [-0.39, 0.29) is 5.91 Å².